The number of hydrogen-bond donors (Lipinski definition) is 1. The van der Waals surface area contributed by atoms with Crippen molar-refractivity contribution in [2.75, 3.05) is 25.4 Å². The minimum absolute atomic E-state index is 0.442. The molecule has 1 fully saturated rings. The van der Waals surface area contributed by atoms with Crippen molar-refractivity contribution in [3.05, 3.63) is 78.9 Å². The smallest absolute Gasteiger partial charge is 0.150 e. The quantitative estimate of drug-likeness (QED) is 0.311. The van der Waals surface area contributed by atoms with Gasteiger partial charge in [-0.25, -0.2) is 15.0 Å². The maximum atomic E-state index is 6.42. The zero-order valence-electron chi connectivity index (χ0n) is 20.9. The molecule has 1 saturated carbocycles. The zero-order chi connectivity index (χ0) is 24.6. The Hall–Kier alpha value is -3.77. The van der Waals surface area contributed by atoms with Gasteiger partial charge in [0, 0.05) is 41.4 Å². The molecule has 0 saturated heterocycles. The Kier molecular flexibility index (Phi) is 5.89. The molecule has 2 aromatic carbocycles. The molecule has 0 aliphatic heterocycles. The van der Waals surface area contributed by atoms with E-state index in [9.17, 15) is 0 Å². The number of nitrogen functional groups attached to an aromatic ring is 1. The maximum Gasteiger partial charge on any atom is 0.150 e. The van der Waals surface area contributed by atoms with Crippen LogP contribution in [0.3, 0.4) is 0 Å². The van der Waals surface area contributed by atoms with Crippen molar-refractivity contribution in [2.24, 2.45) is 5.92 Å². The summed E-state index contributed by atoms with van der Waals surface area (Å²) in [5, 5.41) is 1.10. The molecule has 0 bridgehead atoms. The Balaban J connectivity index is 1.37. The van der Waals surface area contributed by atoms with Crippen molar-refractivity contribution in [1.82, 2.24) is 24.3 Å². The van der Waals surface area contributed by atoms with Crippen LogP contribution in [-0.4, -0.2) is 43.9 Å². The summed E-state index contributed by atoms with van der Waals surface area (Å²) >= 11 is 0. The predicted octanol–water partition coefficient (Wildman–Crippen LogP) is 6.03. The number of anilines is 1. The summed E-state index contributed by atoms with van der Waals surface area (Å²) < 4.78 is 2.16. The number of imidazole rings is 1. The molecule has 6 nitrogen and oxygen atoms in total. The molecule has 182 valence electrons. The Labute approximate surface area is 211 Å². The third kappa shape index (κ3) is 4.01. The molecule has 0 unspecified atom stereocenters. The average molecular weight is 477 g/mol. The molecule has 1 aliphatic rings. The fraction of sp³-hybridized carbons (Fsp3) is 0.300. The summed E-state index contributed by atoms with van der Waals surface area (Å²) in [6.45, 7) is 7.87. The van der Waals surface area contributed by atoms with Crippen LogP contribution in [-0.2, 0) is 0 Å². The largest absolute Gasteiger partial charge is 0.382 e. The summed E-state index contributed by atoms with van der Waals surface area (Å²) in [5.41, 5.74) is 12.2. The Morgan fingerprint density at radius 2 is 1.72 bits per heavy atom. The summed E-state index contributed by atoms with van der Waals surface area (Å²) in [6.07, 6.45) is 6.10. The van der Waals surface area contributed by atoms with Gasteiger partial charge in [-0.05, 0) is 44.0 Å². The Morgan fingerprint density at radius 1 is 0.944 bits per heavy atom. The summed E-state index contributed by atoms with van der Waals surface area (Å²) in [6, 6.07) is 20.9. The van der Waals surface area contributed by atoms with Gasteiger partial charge in [-0.2, -0.15) is 0 Å². The normalized spacial score (nSPS) is 17.6. The van der Waals surface area contributed by atoms with E-state index in [1.54, 1.807) is 6.20 Å². The summed E-state index contributed by atoms with van der Waals surface area (Å²) in [4.78, 5) is 17.1. The van der Waals surface area contributed by atoms with Crippen LogP contribution in [0.5, 0.6) is 0 Å². The van der Waals surface area contributed by atoms with Gasteiger partial charge in [0.15, 0.2) is 0 Å². The number of benzene rings is 2. The lowest BCUT2D eigenvalue weighted by Crippen LogP contribution is -2.35. The third-order valence-electron chi connectivity index (χ3n) is 7.66. The first-order valence-electron chi connectivity index (χ1n) is 13.0. The topological polar surface area (TPSA) is 72.3 Å². The highest BCUT2D eigenvalue weighted by Gasteiger charge is 2.35. The number of rotatable bonds is 7. The number of nitrogens with zero attached hydrogens (tertiary/aromatic N) is 5. The third-order valence-corrected chi connectivity index (χ3v) is 7.66. The number of hydrogen-bond acceptors (Lipinski definition) is 5. The lowest BCUT2D eigenvalue weighted by Gasteiger charge is -2.37. The van der Waals surface area contributed by atoms with E-state index in [4.69, 9.17) is 15.7 Å². The van der Waals surface area contributed by atoms with E-state index in [0.29, 0.717) is 11.7 Å². The molecule has 6 rings (SSSR count). The molecular formula is C30H32N6. The summed E-state index contributed by atoms with van der Waals surface area (Å²) in [5.74, 6) is 2.77. The van der Waals surface area contributed by atoms with Gasteiger partial charge in [-0.1, -0.05) is 62.4 Å². The van der Waals surface area contributed by atoms with Crippen LogP contribution in [0.15, 0.2) is 73.1 Å². The molecule has 1 aliphatic carbocycles. The van der Waals surface area contributed by atoms with Gasteiger partial charge < -0.3 is 10.6 Å². The molecule has 0 atom stereocenters. The molecule has 0 amide bonds. The molecule has 6 heteroatoms. The van der Waals surface area contributed by atoms with E-state index >= 15 is 0 Å². The number of aromatic nitrogens is 4. The second-order valence-corrected chi connectivity index (χ2v) is 9.84. The van der Waals surface area contributed by atoms with Crippen molar-refractivity contribution in [3.63, 3.8) is 0 Å². The van der Waals surface area contributed by atoms with E-state index in [0.717, 1.165) is 76.6 Å². The van der Waals surface area contributed by atoms with Crippen molar-refractivity contribution in [3.8, 4) is 22.5 Å². The molecular weight excluding hydrogens is 444 g/mol. The van der Waals surface area contributed by atoms with Gasteiger partial charge in [-0.15, -0.1) is 0 Å². The summed E-state index contributed by atoms with van der Waals surface area (Å²) in [7, 11) is 0. The SMILES string of the molecule is CCN(CC)C[C@H]1C[C@@H](c2nc(-c3ccc4ccc(-c5ccccc5)nc4c3)c3c(N)nccn32)C1. The van der Waals surface area contributed by atoms with Crippen molar-refractivity contribution in [2.45, 2.75) is 32.6 Å². The van der Waals surface area contributed by atoms with Crippen LogP contribution < -0.4 is 5.73 Å². The van der Waals surface area contributed by atoms with Gasteiger partial charge in [0.25, 0.3) is 0 Å². The molecule has 3 heterocycles. The van der Waals surface area contributed by atoms with Crippen LogP contribution in [0.1, 0.15) is 38.4 Å². The lowest BCUT2D eigenvalue weighted by atomic mass is 9.74. The molecule has 0 spiro atoms. The number of fused-ring (bicyclic) bond motifs is 2. The van der Waals surface area contributed by atoms with E-state index in [1.165, 1.54) is 6.54 Å². The van der Waals surface area contributed by atoms with Gasteiger partial charge in [0.2, 0.25) is 0 Å². The van der Waals surface area contributed by atoms with Gasteiger partial charge in [-0.3, -0.25) is 4.40 Å². The highest BCUT2D eigenvalue weighted by atomic mass is 15.1. The van der Waals surface area contributed by atoms with Crippen LogP contribution in [0.4, 0.5) is 5.82 Å². The zero-order valence-corrected chi connectivity index (χ0v) is 20.9. The minimum Gasteiger partial charge on any atom is -0.382 e. The first kappa shape index (κ1) is 22.7. The lowest BCUT2D eigenvalue weighted by molar-refractivity contribution is 0.164. The molecule has 2 N–H and O–H groups in total. The van der Waals surface area contributed by atoms with Crippen molar-refractivity contribution >= 4 is 22.2 Å². The van der Waals surface area contributed by atoms with Crippen molar-refractivity contribution < 1.29 is 0 Å². The van der Waals surface area contributed by atoms with Gasteiger partial charge in [0.05, 0.1) is 11.2 Å². The molecule has 36 heavy (non-hydrogen) atoms. The second kappa shape index (κ2) is 9.36. The second-order valence-electron chi connectivity index (χ2n) is 9.84. The van der Waals surface area contributed by atoms with Crippen LogP contribution >= 0.6 is 0 Å². The minimum atomic E-state index is 0.442. The van der Waals surface area contributed by atoms with E-state index in [2.05, 4.69) is 70.6 Å². The molecule has 5 aromatic rings. The fourth-order valence-electron chi connectivity index (χ4n) is 5.55. The van der Waals surface area contributed by atoms with Crippen LogP contribution in [0.25, 0.3) is 38.9 Å². The van der Waals surface area contributed by atoms with E-state index in [-0.39, 0.29) is 0 Å². The van der Waals surface area contributed by atoms with Crippen LogP contribution in [0, 0.1) is 5.92 Å². The maximum absolute atomic E-state index is 6.42. The van der Waals surface area contributed by atoms with Gasteiger partial charge in [0.1, 0.15) is 22.9 Å². The number of pyridine rings is 1. The first-order valence-corrected chi connectivity index (χ1v) is 13.0. The Bertz CT molecular complexity index is 1510. The Morgan fingerprint density at radius 3 is 2.50 bits per heavy atom. The highest BCUT2D eigenvalue weighted by Crippen LogP contribution is 2.43. The molecule has 3 aromatic heterocycles. The predicted molar refractivity (Wildman–Crippen MR) is 147 cm³/mol. The standard InChI is InChI=1S/C30H32N6/c1-3-35(4-2)19-20-16-24(17-20)30-34-27(28-29(31)32-14-15-36(28)30)23-11-10-22-12-13-25(33-26(22)18-23)21-8-6-5-7-9-21/h5-15,18,20,24H,3-4,16-17,19H2,1-2H3,(H2,31,32)/t20-,24+. The highest BCUT2D eigenvalue weighted by molar-refractivity contribution is 5.91. The van der Waals surface area contributed by atoms with E-state index in [1.807, 2.05) is 24.4 Å². The number of nitrogens with two attached hydrogens (primary N) is 1. The fourth-order valence-corrected chi connectivity index (χ4v) is 5.55. The van der Waals surface area contributed by atoms with E-state index < -0.39 is 0 Å². The van der Waals surface area contributed by atoms with Gasteiger partial charge >= 0.3 is 0 Å². The van der Waals surface area contributed by atoms with Crippen molar-refractivity contribution in [1.29, 1.82) is 0 Å². The van der Waals surface area contributed by atoms with Crippen LogP contribution in [0.2, 0.25) is 0 Å². The molecule has 0 radical (unpaired) electrons. The first-order chi connectivity index (χ1) is 17.6. The monoisotopic (exact) mass is 476 g/mol. The average Bonchev–Trinajstić information content (AvgIpc) is 3.28.